The molecule has 2 N–H and O–H groups in total. The van der Waals surface area contributed by atoms with Gasteiger partial charge >= 0.3 is 0 Å². The Bertz CT molecular complexity index is 267. The first-order valence-corrected chi connectivity index (χ1v) is 5.49. The highest BCUT2D eigenvalue weighted by atomic mass is 32.1. The van der Waals surface area contributed by atoms with Gasteiger partial charge in [-0.15, -0.1) is 10.2 Å². The van der Waals surface area contributed by atoms with Gasteiger partial charge in [-0.2, -0.15) is 0 Å². The van der Waals surface area contributed by atoms with E-state index < -0.39 is 0 Å². The molecule has 72 valence electrons. The summed E-state index contributed by atoms with van der Waals surface area (Å²) in [4.78, 5) is 0. The van der Waals surface area contributed by atoms with Gasteiger partial charge < -0.3 is 10.6 Å². The Hall–Kier alpha value is -0.680. The molecule has 13 heavy (non-hydrogen) atoms. The standard InChI is InChI=1S/C8H14N4S/c1-2-7-11-12-8(13-7)10-6-3-4-9-5-6/h6,9H,2-5H2,1H3,(H,10,12). The van der Waals surface area contributed by atoms with Gasteiger partial charge in [0.05, 0.1) is 0 Å². The van der Waals surface area contributed by atoms with E-state index in [2.05, 4.69) is 27.8 Å². The summed E-state index contributed by atoms with van der Waals surface area (Å²) in [5, 5.41) is 16.9. The molecule has 5 heteroatoms. The second-order valence-corrected chi connectivity index (χ2v) is 4.25. The fourth-order valence-electron chi connectivity index (χ4n) is 1.41. The second kappa shape index (κ2) is 4.02. The lowest BCUT2D eigenvalue weighted by molar-refractivity contribution is 0.788. The maximum atomic E-state index is 4.08. The van der Waals surface area contributed by atoms with Crippen molar-refractivity contribution in [1.82, 2.24) is 15.5 Å². The van der Waals surface area contributed by atoms with Crippen molar-refractivity contribution in [3.63, 3.8) is 0 Å². The molecule has 0 spiro atoms. The van der Waals surface area contributed by atoms with Crippen LogP contribution in [0.2, 0.25) is 0 Å². The lowest BCUT2D eigenvalue weighted by atomic mass is 10.3. The number of rotatable bonds is 3. The van der Waals surface area contributed by atoms with Crippen LogP contribution in [-0.4, -0.2) is 29.3 Å². The Morgan fingerprint density at radius 1 is 1.62 bits per heavy atom. The van der Waals surface area contributed by atoms with E-state index in [4.69, 9.17) is 0 Å². The summed E-state index contributed by atoms with van der Waals surface area (Å²) in [7, 11) is 0. The fourth-order valence-corrected chi connectivity index (χ4v) is 2.16. The lowest BCUT2D eigenvalue weighted by Crippen LogP contribution is -2.21. The number of aromatic nitrogens is 2. The number of hydrogen-bond donors (Lipinski definition) is 2. The largest absolute Gasteiger partial charge is 0.356 e. The van der Waals surface area contributed by atoms with Crippen LogP contribution in [0.5, 0.6) is 0 Å². The average Bonchev–Trinajstić information content (AvgIpc) is 2.76. The second-order valence-electron chi connectivity index (χ2n) is 3.19. The molecule has 1 unspecified atom stereocenters. The zero-order chi connectivity index (χ0) is 9.10. The molecule has 0 bridgehead atoms. The fraction of sp³-hybridized carbons (Fsp3) is 0.750. The van der Waals surface area contributed by atoms with Gasteiger partial charge in [-0.05, 0) is 19.4 Å². The number of aryl methyl sites for hydroxylation is 1. The first-order chi connectivity index (χ1) is 6.38. The van der Waals surface area contributed by atoms with Gasteiger partial charge in [-0.1, -0.05) is 18.3 Å². The molecule has 0 aromatic carbocycles. The van der Waals surface area contributed by atoms with Crippen molar-refractivity contribution < 1.29 is 0 Å². The molecule has 2 heterocycles. The normalized spacial score (nSPS) is 22.1. The van der Waals surface area contributed by atoms with Crippen LogP contribution in [0.4, 0.5) is 5.13 Å². The third-order valence-electron chi connectivity index (χ3n) is 2.16. The first-order valence-electron chi connectivity index (χ1n) is 4.68. The predicted molar refractivity (Wildman–Crippen MR) is 54.2 cm³/mol. The molecule has 1 aliphatic rings. The molecule has 1 atom stereocenters. The van der Waals surface area contributed by atoms with Gasteiger partial charge in [-0.25, -0.2) is 0 Å². The van der Waals surface area contributed by atoms with Crippen molar-refractivity contribution in [3.8, 4) is 0 Å². The molecule has 0 radical (unpaired) electrons. The number of nitrogens with one attached hydrogen (secondary N) is 2. The van der Waals surface area contributed by atoms with E-state index in [1.165, 1.54) is 6.42 Å². The Morgan fingerprint density at radius 2 is 2.54 bits per heavy atom. The summed E-state index contributed by atoms with van der Waals surface area (Å²) in [6.07, 6.45) is 2.16. The van der Waals surface area contributed by atoms with Gasteiger partial charge in [0.25, 0.3) is 0 Å². The lowest BCUT2D eigenvalue weighted by Gasteiger charge is -2.07. The van der Waals surface area contributed by atoms with E-state index in [9.17, 15) is 0 Å². The van der Waals surface area contributed by atoms with E-state index in [1.54, 1.807) is 11.3 Å². The van der Waals surface area contributed by atoms with Crippen LogP contribution < -0.4 is 10.6 Å². The summed E-state index contributed by atoms with van der Waals surface area (Å²) in [6.45, 7) is 4.25. The maximum Gasteiger partial charge on any atom is 0.205 e. The smallest absolute Gasteiger partial charge is 0.205 e. The molecular formula is C8H14N4S. The molecule has 4 nitrogen and oxygen atoms in total. The molecule has 0 amide bonds. The predicted octanol–water partition coefficient (Wildman–Crippen LogP) is 0.874. The molecule has 2 rings (SSSR count). The van der Waals surface area contributed by atoms with Gasteiger partial charge in [0.15, 0.2) is 0 Å². The van der Waals surface area contributed by atoms with Gasteiger partial charge in [0, 0.05) is 12.6 Å². The zero-order valence-electron chi connectivity index (χ0n) is 7.71. The van der Waals surface area contributed by atoms with Crippen LogP contribution in [0.3, 0.4) is 0 Å². The molecular weight excluding hydrogens is 184 g/mol. The zero-order valence-corrected chi connectivity index (χ0v) is 8.52. The molecule has 1 aromatic rings. The first kappa shape index (κ1) is 8.90. The molecule has 1 fully saturated rings. The van der Waals surface area contributed by atoms with E-state index in [1.807, 2.05) is 0 Å². The summed E-state index contributed by atoms with van der Waals surface area (Å²) in [6, 6.07) is 0.539. The highest BCUT2D eigenvalue weighted by molar-refractivity contribution is 7.15. The maximum absolute atomic E-state index is 4.08. The summed E-state index contributed by atoms with van der Waals surface area (Å²) in [5.74, 6) is 0. The van der Waals surface area contributed by atoms with Crippen molar-refractivity contribution in [2.24, 2.45) is 0 Å². The van der Waals surface area contributed by atoms with Gasteiger partial charge in [-0.3, -0.25) is 0 Å². The Labute approximate surface area is 81.8 Å². The average molecular weight is 198 g/mol. The highest BCUT2D eigenvalue weighted by Crippen LogP contribution is 2.17. The Kier molecular flexibility index (Phi) is 2.75. The van der Waals surface area contributed by atoms with Crippen LogP contribution in [-0.2, 0) is 6.42 Å². The number of nitrogens with zero attached hydrogens (tertiary/aromatic N) is 2. The minimum Gasteiger partial charge on any atom is -0.356 e. The van der Waals surface area contributed by atoms with Crippen LogP contribution in [0.15, 0.2) is 0 Å². The van der Waals surface area contributed by atoms with Crippen molar-refractivity contribution in [2.45, 2.75) is 25.8 Å². The van der Waals surface area contributed by atoms with Crippen LogP contribution in [0, 0.1) is 0 Å². The van der Waals surface area contributed by atoms with Gasteiger partial charge in [0.1, 0.15) is 5.01 Å². The molecule has 0 saturated carbocycles. The monoisotopic (exact) mass is 198 g/mol. The van der Waals surface area contributed by atoms with Crippen molar-refractivity contribution >= 4 is 16.5 Å². The van der Waals surface area contributed by atoms with Crippen molar-refractivity contribution in [1.29, 1.82) is 0 Å². The summed E-state index contributed by atoms with van der Waals surface area (Å²) in [5.41, 5.74) is 0. The molecule has 1 saturated heterocycles. The van der Waals surface area contributed by atoms with Crippen LogP contribution in [0.1, 0.15) is 18.4 Å². The van der Waals surface area contributed by atoms with Gasteiger partial charge in [0.2, 0.25) is 5.13 Å². The van der Waals surface area contributed by atoms with Crippen LogP contribution >= 0.6 is 11.3 Å². The quantitative estimate of drug-likeness (QED) is 0.757. The Morgan fingerprint density at radius 3 is 3.15 bits per heavy atom. The molecule has 1 aromatic heterocycles. The topological polar surface area (TPSA) is 49.8 Å². The minimum absolute atomic E-state index is 0.539. The van der Waals surface area contributed by atoms with E-state index in [0.29, 0.717) is 6.04 Å². The van der Waals surface area contributed by atoms with E-state index >= 15 is 0 Å². The number of hydrogen-bond acceptors (Lipinski definition) is 5. The number of anilines is 1. The van der Waals surface area contributed by atoms with E-state index in [-0.39, 0.29) is 0 Å². The third kappa shape index (κ3) is 2.16. The van der Waals surface area contributed by atoms with Crippen molar-refractivity contribution in [3.05, 3.63) is 5.01 Å². The minimum atomic E-state index is 0.539. The molecule has 0 aliphatic carbocycles. The molecule has 1 aliphatic heterocycles. The third-order valence-corrected chi connectivity index (χ3v) is 3.16. The Balaban J connectivity index is 1.92. The van der Waals surface area contributed by atoms with Crippen LogP contribution in [0.25, 0.3) is 0 Å². The van der Waals surface area contributed by atoms with Crippen molar-refractivity contribution in [2.75, 3.05) is 18.4 Å². The summed E-state index contributed by atoms with van der Waals surface area (Å²) < 4.78 is 0. The highest BCUT2D eigenvalue weighted by Gasteiger charge is 2.15. The SMILES string of the molecule is CCc1nnc(NC2CCNC2)s1. The summed E-state index contributed by atoms with van der Waals surface area (Å²) >= 11 is 1.66. The van der Waals surface area contributed by atoms with E-state index in [0.717, 1.165) is 29.6 Å².